The van der Waals surface area contributed by atoms with Crippen molar-refractivity contribution in [1.82, 2.24) is 15.2 Å². The lowest BCUT2D eigenvalue weighted by Gasteiger charge is -2.26. The second-order valence-electron chi connectivity index (χ2n) is 6.27. The fourth-order valence-corrected chi connectivity index (χ4v) is 3.99. The molecule has 2 amide bonds. The van der Waals surface area contributed by atoms with Crippen LogP contribution in [0.15, 0.2) is 42.7 Å². The number of carbonyl (C=O) groups is 2. The summed E-state index contributed by atoms with van der Waals surface area (Å²) < 4.78 is 12.1. The summed E-state index contributed by atoms with van der Waals surface area (Å²) in [5.41, 5.74) is 0.614. The Kier molecular flexibility index (Phi) is 5.23. The number of hydrogen-bond acceptors (Lipinski definition) is 6. The molecule has 28 heavy (non-hydrogen) atoms. The van der Waals surface area contributed by atoms with Crippen LogP contribution in [0, 0.1) is 0 Å². The highest BCUT2D eigenvalue weighted by molar-refractivity contribution is 7.20. The third kappa shape index (κ3) is 3.69. The number of morpholine rings is 1. The number of aromatic nitrogens is 1. The zero-order chi connectivity index (χ0) is 19.5. The minimum Gasteiger partial charge on any atom is -0.455 e. The normalized spacial score (nSPS) is 14.1. The van der Waals surface area contributed by atoms with Crippen LogP contribution in [0.1, 0.15) is 20.0 Å². The average molecular weight is 397 g/mol. The monoisotopic (exact) mass is 397 g/mol. The highest BCUT2D eigenvalue weighted by Gasteiger charge is 2.18. The molecule has 0 bridgehead atoms. The van der Waals surface area contributed by atoms with E-state index in [-0.39, 0.29) is 11.8 Å². The Labute approximate surface area is 165 Å². The predicted octanol–water partition coefficient (Wildman–Crippen LogP) is 2.92. The fourth-order valence-electron chi connectivity index (χ4n) is 2.99. The Bertz CT molecular complexity index is 1010. The molecular formula is C20H19N3O4S. The van der Waals surface area contributed by atoms with Gasteiger partial charge >= 0.3 is 0 Å². The van der Waals surface area contributed by atoms with Gasteiger partial charge in [0.15, 0.2) is 5.75 Å². The third-order valence-electron chi connectivity index (χ3n) is 4.49. The molecule has 1 aromatic carbocycles. The van der Waals surface area contributed by atoms with Crippen molar-refractivity contribution in [2.24, 2.45) is 0 Å². The summed E-state index contributed by atoms with van der Waals surface area (Å²) in [6, 6.07) is 8.83. The SMILES string of the molecule is CNC(=O)c1cc2c(Oc3ccc(C(=O)N4CCOCC4)cc3)cncc2s1. The quantitative estimate of drug-likeness (QED) is 0.732. The standard InChI is InChI=1S/C20H19N3O4S/c1-21-19(24)17-10-15-16(11-22-12-18(15)28-17)27-14-4-2-13(3-5-14)20(25)23-6-8-26-9-7-23/h2-5,10-12H,6-9H2,1H3,(H,21,24). The van der Waals surface area contributed by atoms with Gasteiger partial charge in [0.2, 0.25) is 0 Å². The van der Waals surface area contributed by atoms with Crippen molar-refractivity contribution < 1.29 is 19.1 Å². The average Bonchev–Trinajstić information content (AvgIpc) is 3.19. The van der Waals surface area contributed by atoms with Crippen molar-refractivity contribution in [3.05, 3.63) is 53.2 Å². The van der Waals surface area contributed by atoms with E-state index in [9.17, 15) is 9.59 Å². The summed E-state index contributed by atoms with van der Waals surface area (Å²) in [6.45, 7) is 2.36. The molecule has 0 spiro atoms. The molecule has 4 rings (SSSR count). The molecule has 1 N–H and O–H groups in total. The zero-order valence-corrected chi connectivity index (χ0v) is 16.1. The van der Waals surface area contributed by atoms with E-state index >= 15 is 0 Å². The van der Waals surface area contributed by atoms with Gasteiger partial charge in [-0.2, -0.15) is 0 Å². The topological polar surface area (TPSA) is 80.8 Å². The molecule has 7 nitrogen and oxygen atoms in total. The summed E-state index contributed by atoms with van der Waals surface area (Å²) >= 11 is 1.36. The molecule has 0 saturated carbocycles. The van der Waals surface area contributed by atoms with Crippen LogP contribution in [0.2, 0.25) is 0 Å². The third-order valence-corrected chi connectivity index (χ3v) is 5.56. The van der Waals surface area contributed by atoms with E-state index in [1.165, 1.54) is 11.3 Å². The molecule has 0 unspecified atom stereocenters. The molecule has 3 aromatic rings. The second-order valence-corrected chi connectivity index (χ2v) is 7.35. The van der Waals surface area contributed by atoms with Gasteiger partial charge in [-0.1, -0.05) is 0 Å². The van der Waals surface area contributed by atoms with Crippen molar-refractivity contribution >= 4 is 33.2 Å². The van der Waals surface area contributed by atoms with Crippen LogP contribution >= 0.6 is 11.3 Å². The van der Waals surface area contributed by atoms with Gasteiger partial charge in [-0.05, 0) is 30.3 Å². The van der Waals surface area contributed by atoms with E-state index in [4.69, 9.17) is 9.47 Å². The summed E-state index contributed by atoms with van der Waals surface area (Å²) in [5, 5.41) is 3.45. The van der Waals surface area contributed by atoms with Crippen molar-refractivity contribution in [3.63, 3.8) is 0 Å². The van der Waals surface area contributed by atoms with Gasteiger partial charge in [0, 0.05) is 37.3 Å². The van der Waals surface area contributed by atoms with Crippen LogP contribution in [0.3, 0.4) is 0 Å². The first-order valence-electron chi connectivity index (χ1n) is 8.90. The number of nitrogens with zero attached hydrogens (tertiary/aromatic N) is 2. The van der Waals surface area contributed by atoms with Gasteiger partial charge in [-0.3, -0.25) is 14.6 Å². The molecular weight excluding hydrogens is 378 g/mol. The van der Waals surface area contributed by atoms with Crippen molar-refractivity contribution in [3.8, 4) is 11.5 Å². The fraction of sp³-hybridized carbons (Fsp3) is 0.250. The molecule has 0 radical (unpaired) electrons. The summed E-state index contributed by atoms with van der Waals surface area (Å²) in [7, 11) is 1.60. The maximum atomic E-state index is 12.5. The molecule has 8 heteroatoms. The number of benzene rings is 1. The molecule has 3 heterocycles. The Morgan fingerprint density at radius 3 is 2.64 bits per heavy atom. The van der Waals surface area contributed by atoms with Crippen LogP contribution in [0.4, 0.5) is 0 Å². The van der Waals surface area contributed by atoms with Crippen LogP contribution in [0.5, 0.6) is 11.5 Å². The second kappa shape index (κ2) is 7.95. The predicted molar refractivity (Wildman–Crippen MR) is 106 cm³/mol. The van der Waals surface area contributed by atoms with Gasteiger partial charge in [0.1, 0.15) is 5.75 Å². The largest absolute Gasteiger partial charge is 0.455 e. The van der Waals surface area contributed by atoms with E-state index in [2.05, 4.69) is 10.3 Å². The molecule has 144 valence electrons. The maximum Gasteiger partial charge on any atom is 0.261 e. The van der Waals surface area contributed by atoms with E-state index in [1.807, 2.05) is 0 Å². The Morgan fingerprint density at radius 1 is 1.18 bits per heavy atom. The lowest BCUT2D eigenvalue weighted by Crippen LogP contribution is -2.40. The number of amides is 2. The van der Waals surface area contributed by atoms with E-state index < -0.39 is 0 Å². The highest BCUT2D eigenvalue weighted by Crippen LogP contribution is 2.34. The number of carbonyl (C=O) groups excluding carboxylic acids is 2. The maximum absolute atomic E-state index is 12.5. The number of nitrogens with one attached hydrogen (secondary N) is 1. The lowest BCUT2D eigenvalue weighted by molar-refractivity contribution is 0.0303. The minimum absolute atomic E-state index is 0.00771. The zero-order valence-electron chi connectivity index (χ0n) is 15.3. The van der Waals surface area contributed by atoms with E-state index in [0.717, 1.165) is 10.1 Å². The number of thiophene rings is 1. The Morgan fingerprint density at radius 2 is 1.93 bits per heavy atom. The molecule has 2 aromatic heterocycles. The van der Waals surface area contributed by atoms with Gasteiger partial charge in [0.25, 0.3) is 11.8 Å². The Balaban J connectivity index is 1.53. The molecule has 0 atom stereocenters. The number of pyridine rings is 1. The Hall–Kier alpha value is -2.97. The minimum atomic E-state index is -0.141. The smallest absolute Gasteiger partial charge is 0.261 e. The molecule has 1 fully saturated rings. The van der Waals surface area contributed by atoms with E-state index in [0.29, 0.717) is 48.2 Å². The number of fused-ring (bicyclic) bond motifs is 1. The lowest BCUT2D eigenvalue weighted by atomic mass is 10.2. The van der Waals surface area contributed by atoms with Gasteiger partial charge in [0.05, 0.1) is 29.0 Å². The number of ether oxygens (including phenoxy) is 2. The molecule has 1 aliphatic heterocycles. The first kappa shape index (κ1) is 18.4. The van der Waals surface area contributed by atoms with Crippen molar-refractivity contribution in [2.45, 2.75) is 0 Å². The molecule has 1 aliphatic rings. The first-order valence-corrected chi connectivity index (χ1v) is 9.72. The summed E-state index contributed by atoms with van der Waals surface area (Å²) in [6.07, 6.45) is 3.33. The molecule has 0 aliphatic carbocycles. The van der Waals surface area contributed by atoms with Crippen molar-refractivity contribution in [1.29, 1.82) is 0 Å². The number of hydrogen-bond donors (Lipinski definition) is 1. The number of rotatable bonds is 4. The summed E-state index contributed by atoms with van der Waals surface area (Å²) in [5.74, 6) is 1.02. The van der Waals surface area contributed by atoms with Crippen LogP contribution in [-0.4, -0.2) is 55.0 Å². The summed E-state index contributed by atoms with van der Waals surface area (Å²) in [4.78, 5) is 31.0. The van der Waals surface area contributed by atoms with Gasteiger partial charge in [-0.15, -0.1) is 11.3 Å². The van der Waals surface area contributed by atoms with E-state index in [1.54, 1.807) is 54.7 Å². The first-order chi connectivity index (χ1) is 13.7. The van der Waals surface area contributed by atoms with Gasteiger partial charge < -0.3 is 19.7 Å². The molecule has 1 saturated heterocycles. The van der Waals surface area contributed by atoms with Crippen LogP contribution in [-0.2, 0) is 4.74 Å². The van der Waals surface area contributed by atoms with Crippen LogP contribution < -0.4 is 10.1 Å². The van der Waals surface area contributed by atoms with Crippen molar-refractivity contribution in [2.75, 3.05) is 33.4 Å². The highest BCUT2D eigenvalue weighted by atomic mass is 32.1. The van der Waals surface area contributed by atoms with Gasteiger partial charge in [-0.25, -0.2) is 0 Å². The van der Waals surface area contributed by atoms with Crippen LogP contribution in [0.25, 0.3) is 10.1 Å².